The van der Waals surface area contributed by atoms with E-state index in [1.54, 1.807) is 11.8 Å². The molecule has 0 aliphatic rings. The number of hydrogen-bond acceptors (Lipinski definition) is 3. The van der Waals surface area contributed by atoms with Gasteiger partial charge in [0.05, 0.1) is 5.75 Å². The van der Waals surface area contributed by atoms with Crippen LogP contribution in [0.5, 0.6) is 0 Å². The van der Waals surface area contributed by atoms with E-state index in [1.165, 1.54) is 0 Å². The molecule has 0 aliphatic heterocycles. The van der Waals surface area contributed by atoms with Crippen LogP contribution in [-0.2, 0) is 5.75 Å². The number of hydrogen-bond donors (Lipinski definition) is 0. The lowest BCUT2D eigenvalue weighted by Gasteiger charge is -2.07. The molecule has 0 radical (unpaired) electrons. The molecule has 1 aromatic carbocycles. The van der Waals surface area contributed by atoms with Crippen molar-refractivity contribution in [1.82, 2.24) is 9.97 Å². The van der Waals surface area contributed by atoms with E-state index in [-0.39, 0.29) is 0 Å². The van der Waals surface area contributed by atoms with Crippen LogP contribution in [0.2, 0.25) is 10.2 Å². The molecule has 2 rings (SSSR count). The van der Waals surface area contributed by atoms with Crippen molar-refractivity contribution in [2.45, 2.75) is 30.4 Å². The molecule has 19 heavy (non-hydrogen) atoms. The summed E-state index contributed by atoms with van der Waals surface area (Å²) in [7, 11) is 0. The van der Waals surface area contributed by atoms with Crippen LogP contribution in [0.15, 0.2) is 35.2 Å². The maximum atomic E-state index is 6.02. The average molecular weight is 313 g/mol. The van der Waals surface area contributed by atoms with Gasteiger partial charge in [-0.3, -0.25) is 0 Å². The lowest BCUT2D eigenvalue weighted by molar-refractivity contribution is 0.799. The van der Waals surface area contributed by atoms with Crippen molar-refractivity contribution in [3.63, 3.8) is 0 Å². The highest BCUT2D eigenvalue weighted by Crippen LogP contribution is 2.24. The van der Waals surface area contributed by atoms with Crippen LogP contribution in [0.3, 0.4) is 0 Å². The number of aromatic nitrogens is 2. The summed E-state index contributed by atoms with van der Waals surface area (Å²) in [6, 6.07) is 9.55. The summed E-state index contributed by atoms with van der Waals surface area (Å²) in [4.78, 5) is 9.92. The molecule has 0 unspecified atom stereocenters. The zero-order chi connectivity index (χ0) is 13.8. The SMILES string of the molecule is CC(C)c1cc(Cl)nc(CSc2ccc(Cl)cc2)n1. The summed E-state index contributed by atoms with van der Waals surface area (Å²) in [5.74, 6) is 1.80. The number of halogens is 2. The Kier molecular flexibility index (Phi) is 5.08. The third-order valence-corrected chi connectivity index (χ3v) is 3.99. The molecular formula is C14H14Cl2N2S. The summed E-state index contributed by atoms with van der Waals surface area (Å²) < 4.78 is 0. The van der Waals surface area contributed by atoms with Gasteiger partial charge in [0.1, 0.15) is 11.0 Å². The van der Waals surface area contributed by atoms with E-state index in [1.807, 2.05) is 30.3 Å². The molecule has 0 saturated heterocycles. The lowest BCUT2D eigenvalue weighted by atomic mass is 10.1. The monoisotopic (exact) mass is 312 g/mol. The predicted octanol–water partition coefficient (Wildman–Crippen LogP) is 5.20. The Morgan fingerprint density at radius 2 is 1.79 bits per heavy atom. The van der Waals surface area contributed by atoms with Crippen molar-refractivity contribution in [1.29, 1.82) is 0 Å². The Bertz CT molecular complexity index is 556. The molecule has 0 aliphatic carbocycles. The number of benzene rings is 1. The summed E-state index contributed by atoms with van der Waals surface area (Å²) in [5, 5.41) is 1.25. The van der Waals surface area contributed by atoms with E-state index >= 15 is 0 Å². The molecule has 1 aromatic heterocycles. The minimum Gasteiger partial charge on any atom is -0.237 e. The van der Waals surface area contributed by atoms with Gasteiger partial charge in [-0.05, 0) is 36.2 Å². The predicted molar refractivity (Wildman–Crippen MR) is 82.1 cm³/mol. The lowest BCUT2D eigenvalue weighted by Crippen LogP contribution is -2.00. The van der Waals surface area contributed by atoms with Crippen molar-refractivity contribution >= 4 is 35.0 Å². The topological polar surface area (TPSA) is 25.8 Å². The molecule has 1 heterocycles. The molecule has 0 bridgehead atoms. The first kappa shape index (κ1) is 14.6. The van der Waals surface area contributed by atoms with E-state index in [9.17, 15) is 0 Å². The van der Waals surface area contributed by atoms with Gasteiger partial charge in [0.25, 0.3) is 0 Å². The zero-order valence-electron chi connectivity index (χ0n) is 10.7. The van der Waals surface area contributed by atoms with Gasteiger partial charge in [0.2, 0.25) is 0 Å². The van der Waals surface area contributed by atoms with Crippen molar-refractivity contribution in [2.24, 2.45) is 0 Å². The largest absolute Gasteiger partial charge is 0.237 e. The Morgan fingerprint density at radius 1 is 1.11 bits per heavy atom. The highest BCUT2D eigenvalue weighted by Gasteiger charge is 2.07. The number of thioether (sulfide) groups is 1. The van der Waals surface area contributed by atoms with E-state index < -0.39 is 0 Å². The highest BCUT2D eigenvalue weighted by atomic mass is 35.5. The normalized spacial score (nSPS) is 11.0. The van der Waals surface area contributed by atoms with Crippen LogP contribution in [-0.4, -0.2) is 9.97 Å². The molecular weight excluding hydrogens is 299 g/mol. The van der Waals surface area contributed by atoms with Gasteiger partial charge in [0.15, 0.2) is 0 Å². The Morgan fingerprint density at radius 3 is 2.42 bits per heavy atom. The van der Waals surface area contributed by atoms with Crippen LogP contribution in [0, 0.1) is 0 Å². The van der Waals surface area contributed by atoms with Gasteiger partial charge in [-0.2, -0.15) is 0 Å². The summed E-state index contributed by atoms with van der Waals surface area (Å²) in [6.07, 6.45) is 0. The average Bonchev–Trinajstić information content (AvgIpc) is 2.37. The van der Waals surface area contributed by atoms with E-state index in [4.69, 9.17) is 23.2 Å². The van der Waals surface area contributed by atoms with Gasteiger partial charge in [0, 0.05) is 15.6 Å². The molecule has 5 heteroatoms. The van der Waals surface area contributed by atoms with Crippen molar-refractivity contribution in [3.05, 3.63) is 52.0 Å². The summed E-state index contributed by atoms with van der Waals surface area (Å²) in [6.45, 7) is 4.18. The fourth-order valence-corrected chi connectivity index (χ4v) is 2.61. The second-order valence-electron chi connectivity index (χ2n) is 4.43. The van der Waals surface area contributed by atoms with Crippen LogP contribution in [0.1, 0.15) is 31.3 Å². The van der Waals surface area contributed by atoms with Gasteiger partial charge in [-0.1, -0.05) is 37.0 Å². The van der Waals surface area contributed by atoms with Crippen molar-refractivity contribution in [3.8, 4) is 0 Å². The van der Waals surface area contributed by atoms with Crippen LogP contribution in [0.4, 0.5) is 0 Å². The van der Waals surface area contributed by atoms with E-state index in [0.29, 0.717) is 16.8 Å². The maximum Gasteiger partial charge on any atom is 0.140 e. The summed E-state index contributed by atoms with van der Waals surface area (Å²) >= 11 is 13.5. The Labute approximate surface area is 127 Å². The second-order valence-corrected chi connectivity index (χ2v) is 6.30. The molecule has 2 aromatic rings. The molecule has 100 valence electrons. The Hall–Kier alpha value is -0.770. The highest BCUT2D eigenvalue weighted by molar-refractivity contribution is 7.98. The molecule has 0 N–H and O–H groups in total. The van der Waals surface area contributed by atoms with Crippen LogP contribution < -0.4 is 0 Å². The first-order valence-electron chi connectivity index (χ1n) is 5.96. The first-order valence-corrected chi connectivity index (χ1v) is 7.70. The third kappa shape index (κ3) is 4.37. The van der Waals surface area contributed by atoms with E-state index in [0.717, 1.165) is 21.4 Å². The first-order chi connectivity index (χ1) is 9.04. The zero-order valence-corrected chi connectivity index (χ0v) is 13.1. The minimum absolute atomic E-state index is 0.347. The quantitative estimate of drug-likeness (QED) is 0.573. The summed E-state index contributed by atoms with van der Waals surface area (Å²) in [5.41, 5.74) is 0.978. The minimum atomic E-state index is 0.347. The fourth-order valence-electron chi connectivity index (χ4n) is 1.52. The molecule has 0 fully saturated rings. The third-order valence-electron chi connectivity index (χ3n) is 2.53. The fraction of sp³-hybridized carbons (Fsp3) is 0.286. The van der Waals surface area contributed by atoms with Gasteiger partial charge in [-0.25, -0.2) is 9.97 Å². The molecule has 0 atom stereocenters. The molecule has 2 nitrogen and oxygen atoms in total. The molecule has 0 spiro atoms. The van der Waals surface area contributed by atoms with Crippen molar-refractivity contribution < 1.29 is 0 Å². The van der Waals surface area contributed by atoms with Gasteiger partial charge < -0.3 is 0 Å². The van der Waals surface area contributed by atoms with Crippen molar-refractivity contribution in [2.75, 3.05) is 0 Å². The van der Waals surface area contributed by atoms with Gasteiger partial charge in [-0.15, -0.1) is 11.8 Å². The van der Waals surface area contributed by atoms with Crippen LogP contribution in [0.25, 0.3) is 0 Å². The number of nitrogens with zero attached hydrogens (tertiary/aromatic N) is 2. The second kappa shape index (κ2) is 6.60. The van der Waals surface area contributed by atoms with Crippen LogP contribution >= 0.6 is 35.0 Å². The van der Waals surface area contributed by atoms with Gasteiger partial charge >= 0.3 is 0 Å². The van der Waals surface area contributed by atoms with E-state index in [2.05, 4.69) is 23.8 Å². The standard InChI is InChI=1S/C14H14Cl2N2S/c1-9(2)12-7-13(16)18-14(17-12)8-19-11-5-3-10(15)4-6-11/h3-7,9H,8H2,1-2H3. The molecule has 0 amide bonds. The Balaban J connectivity index is 2.08. The maximum absolute atomic E-state index is 6.02. The molecule has 0 saturated carbocycles. The smallest absolute Gasteiger partial charge is 0.140 e. The number of rotatable bonds is 4.